The summed E-state index contributed by atoms with van der Waals surface area (Å²) in [6.07, 6.45) is -3.91. The van der Waals surface area contributed by atoms with Crippen LogP contribution in [-0.4, -0.2) is 47.9 Å². The smallest absolute Gasteiger partial charge is 0.330 e. The standard InChI is InChI=1S/C18H21F3N4O3/c19-18(20,21)12(6-22)8-23-7-10-1-2-11-9-25(17(28)13(11)5-10)14-3-4-15(26)24-16(14)27/h1-2,5,12,14,23H,3-4,6-9,22H2,(H,24,26,27). The minimum atomic E-state index is -4.36. The second kappa shape index (κ2) is 7.88. The molecule has 28 heavy (non-hydrogen) atoms. The number of halogens is 3. The van der Waals surface area contributed by atoms with Crippen LogP contribution >= 0.6 is 0 Å². The Balaban J connectivity index is 1.64. The summed E-state index contributed by atoms with van der Waals surface area (Å²) in [5, 5.41) is 4.96. The zero-order valence-electron chi connectivity index (χ0n) is 15.0. The monoisotopic (exact) mass is 398 g/mol. The number of nitrogens with zero attached hydrogens (tertiary/aromatic N) is 1. The van der Waals surface area contributed by atoms with Gasteiger partial charge < -0.3 is 16.0 Å². The lowest BCUT2D eigenvalue weighted by Gasteiger charge is -2.29. The molecule has 1 saturated heterocycles. The van der Waals surface area contributed by atoms with Gasteiger partial charge in [0.1, 0.15) is 6.04 Å². The predicted octanol–water partition coefficient (Wildman–Crippen LogP) is 0.674. The van der Waals surface area contributed by atoms with E-state index in [0.717, 1.165) is 5.56 Å². The summed E-state index contributed by atoms with van der Waals surface area (Å²) in [4.78, 5) is 37.5. The highest BCUT2D eigenvalue weighted by Crippen LogP contribution is 2.28. The Labute approximate surface area is 159 Å². The molecule has 2 unspecified atom stereocenters. The molecule has 2 aliphatic heterocycles. The summed E-state index contributed by atoms with van der Waals surface area (Å²) in [6, 6.07) is 4.40. The number of fused-ring (bicyclic) bond motifs is 1. The van der Waals surface area contributed by atoms with Crippen molar-refractivity contribution < 1.29 is 27.6 Å². The van der Waals surface area contributed by atoms with Crippen molar-refractivity contribution in [2.24, 2.45) is 11.7 Å². The van der Waals surface area contributed by atoms with E-state index in [1.54, 1.807) is 18.2 Å². The molecule has 3 amide bonds. The van der Waals surface area contributed by atoms with E-state index in [4.69, 9.17) is 5.73 Å². The summed E-state index contributed by atoms with van der Waals surface area (Å²) < 4.78 is 38.2. The molecule has 7 nitrogen and oxygen atoms in total. The second-order valence-corrected chi connectivity index (χ2v) is 7.00. The lowest BCUT2D eigenvalue weighted by molar-refractivity contribution is -0.170. The van der Waals surface area contributed by atoms with Gasteiger partial charge in [-0.25, -0.2) is 0 Å². The fourth-order valence-corrected chi connectivity index (χ4v) is 3.44. The lowest BCUT2D eigenvalue weighted by Crippen LogP contribution is -2.52. The van der Waals surface area contributed by atoms with Gasteiger partial charge in [-0.1, -0.05) is 12.1 Å². The maximum atomic E-state index is 12.7. The van der Waals surface area contributed by atoms with Crippen molar-refractivity contribution in [1.82, 2.24) is 15.5 Å². The average Bonchev–Trinajstić information content (AvgIpc) is 2.94. The number of piperidine rings is 1. The average molecular weight is 398 g/mol. The predicted molar refractivity (Wildman–Crippen MR) is 92.8 cm³/mol. The maximum Gasteiger partial charge on any atom is 0.394 e. The molecule has 1 aromatic rings. The van der Waals surface area contributed by atoms with Gasteiger partial charge in [0.25, 0.3) is 5.91 Å². The van der Waals surface area contributed by atoms with Crippen molar-refractivity contribution in [3.8, 4) is 0 Å². The van der Waals surface area contributed by atoms with Crippen molar-refractivity contribution >= 4 is 17.7 Å². The van der Waals surface area contributed by atoms with E-state index >= 15 is 0 Å². The number of hydrogen-bond donors (Lipinski definition) is 3. The number of imide groups is 1. The van der Waals surface area contributed by atoms with Crippen LogP contribution in [0.1, 0.15) is 34.3 Å². The third-order valence-corrected chi connectivity index (χ3v) is 5.06. The van der Waals surface area contributed by atoms with Crippen molar-refractivity contribution in [1.29, 1.82) is 0 Å². The summed E-state index contributed by atoms with van der Waals surface area (Å²) in [6.45, 7) is -0.392. The van der Waals surface area contributed by atoms with Crippen molar-refractivity contribution in [3.05, 3.63) is 34.9 Å². The molecule has 3 rings (SSSR count). The summed E-state index contributed by atoms with van der Waals surface area (Å²) in [7, 11) is 0. The van der Waals surface area contributed by atoms with Crippen molar-refractivity contribution in [2.75, 3.05) is 13.1 Å². The number of nitrogens with one attached hydrogen (secondary N) is 2. The minimum Gasteiger partial charge on any atom is -0.330 e. The van der Waals surface area contributed by atoms with E-state index in [1.807, 2.05) is 0 Å². The number of rotatable bonds is 6. The van der Waals surface area contributed by atoms with Crippen LogP contribution in [0.25, 0.3) is 0 Å². The molecule has 4 N–H and O–H groups in total. The Morgan fingerprint density at radius 1 is 1.29 bits per heavy atom. The first-order chi connectivity index (χ1) is 13.2. The molecule has 0 aliphatic carbocycles. The number of nitrogens with two attached hydrogens (primary N) is 1. The number of hydrogen-bond acceptors (Lipinski definition) is 5. The van der Waals surface area contributed by atoms with Crippen LogP contribution in [0.2, 0.25) is 0 Å². The van der Waals surface area contributed by atoms with Crippen molar-refractivity contribution in [2.45, 2.75) is 38.1 Å². The molecular weight excluding hydrogens is 377 g/mol. The van der Waals surface area contributed by atoms with Gasteiger partial charge in [-0.15, -0.1) is 0 Å². The minimum absolute atomic E-state index is 0.158. The molecule has 1 fully saturated rings. The first kappa shape index (κ1) is 20.3. The van der Waals surface area contributed by atoms with E-state index in [9.17, 15) is 27.6 Å². The number of carbonyl (C=O) groups excluding carboxylic acids is 3. The third kappa shape index (κ3) is 4.17. The summed E-state index contributed by atoms with van der Waals surface area (Å²) >= 11 is 0. The first-order valence-electron chi connectivity index (χ1n) is 8.94. The number of amides is 3. The van der Waals surface area contributed by atoms with Gasteiger partial charge in [-0.05, 0) is 23.6 Å². The Kier molecular flexibility index (Phi) is 5.71. The number of carbonyl (C=O) groups is 3. The SMILES string of the molecule is NCC(CNCc1ccc2c(c1)C(=O)N(C1CCC(=O)NC1=O)C2)C(F)(F)F. The Morgan fingerprint density at radius 2 is 2.04 bits per heavy atom. The van der Waals surface area contributed by atoms with Crippen LogP contribution in [0.15, 0.2) is 18.2 Å². The van der Waals surface area contributed by atoms with Gasteiger partial charge in [-0.2, -0.15) is 13.2 Å². The van der Waals surface area contributed by atoms with Crippen LogP contribution in [0.4, 0.5) is 13.2 Å². The van der Waals surface area contributed by atoms with Crippen LogP contribution < -0.4 is 16.4 Å². The Bertz CT molecular complexity index is 797. The van der Waals surface area contributed by atoms with E-state index in [0.29, 0.717) is 11.1 Å². The highest BCUT2D eigenvalue weighted by atomic mass is 19.4. The molecule has 2 heterocycles. The van der Waals surface area contributed by atoms with Gasteiger partial charge in [0, 0.05) is 38.2 Å². The molecule has 152 valence electrons. The summed E-state index contributed by atoms with van der Waals surface area (Å²) in [5.41, 5.74) is 7.00. The van der Waals surface area contributed by atoms with Gasteiger partial charge in [0.05, 0.1) is 5.92 Å². The largest absolute Gasteiger partial charge is 0.394 e. The number of benzene rings is 1. The molecule has 2 atom stereocenters. The molecular formula is C18H21F3N4O3. The molecule has 0 bridgehead atoms. The topological polar surface area (TPSA) is 105 Å². The van der Waals surface area contributed by atoms with Crippen LogP contribution in [0.3, 0.4) is 0 Å². The van der Waals surface area contributed by atoms with Crippen LogP contribution in [-0.2, 0) is 22.7 Å². The molecule has 0 spiro atoms. The van der Waals surface area contributed by atoms with E-state index < -0.39 is 30.6 Å². The first-order valence-corrected chi connectivity index (χ1v) is 8.94. The highest BCUT2D eigenvalue weighted by Gasteiger charge is 2.39. The third-order valence-electron chi connectivity index (χ3n) is 5.06. The molecule has 2 aliphatic rings. The molecule has 0 aromatic heterocycles. The van der Waals surface area contributed by atoms with Crippen LogP contribution in [0, 0.1) is 5.92 Å². The van der Waals surface area contributed by atoms with Crippen LogP contribution in [0.5, 0.6) is 0 Å². The number of alkyl halides is 3. The second-order valence-electron chi connectivity index (χ2n) is 7.00. The van der Waals surface area contributed by atoms with Gasteiger partial charge in [0.15, 0.2) is 0 Å². The van der Waals surface area contributed by atoms with Crippen molar-refractivity contribution in [3.63, 3.8) is 0 Å². The lowest BCUT2D eigenvalue weighted by atomic mass is 10.0. The Hall–Kier alpha value is -2.46. The highest BCUT2D eigenvalue weighted by molar-refractivity contribution is 6.05. The van der Waals surface area contributed by atoms with Gasteiger partial charge >= 0.3 is 6.18 Å². The molecule has 0 saturated carbocycles. The van der Waals surface area contributed by atoms with E-state index in [2.05, 4.69) is 10.6 Å². The normalized spacial score (nSPS) is 20.9. The quantitative estimate of drug-likeness (QED) is 0.611. The summed E-state index contributed by atoms with van der Waals surface area (Å²) in [5.74, 6) is -2.79. The van der Waals surface area contributed by atoms with E-state index in [1.165, 1.54) is 4.90 Å². The van der Waals surface area contributed by atoms with Gasteiger partial charge in [0.2, 0.25) is 11.8 Å². The van der Waals surface area contributed by atoms with Gasteiger partial charge in [-0.3, -0.25) is 19.7 Å². The zero-order chi connectivity index (χ0) is 20.5. The van der Waals surface area contributed by atoms with E-state index in [-0.39, 0.29) is 44.3 Å². The maximum absolute atomic E-state index is 12.7. The molecule has 1 aromatic carbocycles. The fourth-order valence-electron chi connectivity index (χ4n) is 3.44. The Morgan fingerprint density at radius 3 is 2.68 bits per heavy atom. The molecule has 10 heteroatoms. The fraction of sp³-hybridized carbons (Fsp3) is 0.500. The molecule has 0 radical (unpaired) electrons. The zero-order valence-corrected chi connectivity index (χ0v) is 15.0.